The van der Waals surface area contributed by atoms with Crippen molar-refractivity contribution in [2.45, 2.75) is 0 Å². The Morgan fingerprint density at radius 3 is 0.511 bits per heavy atom. The van der Waals surface area contributed by atoms with Crippen molar-refractivity contribution in [3.63, 3.8) is 0 Å². The summed E-state index contributed by atoms with van der Waals surface area (Å²) >= 11 is -3.13. The molecule has 0 N–H and O–H groups in total. The van der Waals surface area contributed by atoms with Crippen LogP contribution >= 0.6 is 50.4 Å². The van der Waals surface area contributed by atoms with Crippen molar-refractivity contribution in [1.82, 2.24) is 0 Å². The van der Waals surface area contributed by atoms with E-state index in [-0.39, 0.29) is 48.0 Å². The maximum atomic E-state index is 5.02. The number of halogens is 6. The van der Waals surface area contributed by atoms with Crippen molar-refractivity contribution in [1.29, 1.82) is 0 Å². The molecule has 0 heterocycles. The van der Waals surface area contributed by atoms with E-state index < -0.39 is 28.2 Å². The molecule has 0 fully saturated rings. The van der Waals surface area contributed by atoms with Crippen molar-refractivity contribution in [3.8, 4) is 0 Å². The molecule has 246 valence electrons. The second-order valence-corrected chi connectivity index (χ2v) is 38.3. The molecular weight excluding hydrogens is 1040 g/mol. The van der Waals surface area contributed by atoms with E-state index in [9.17, 15) is 0 Å². The van der Waals surface area contributed by atoms with Gasteiger partial charge in [-0.1, -0.05) is 109 Å². The predicted octanol–water partition coefficient (Wildman–Crippen LogP) is 3.61. The van der Waals surface area contributed by atoms with Gasteiger partial charge < -0.3 is 48.0 Å². The molecule has 9 heteroatoms. The van der Waals surface area contributed by atoms with Crippen molar-refractivity contribution in [2.75, 3.05) is 13.3 Å². The molecule has 0 spiro atoms. The molecule has 6 rings (SSSR count). The third kappa shape index (κ3) is 12.4. The summed E-state index contributed by atoms with van der Waals surface area (Å²) in [4.78, 5) is 0. The first kappa shape index (κ1) is 42.8. The van der Waals surface area contributed by atoms with Gasteiger partial charge in [0.2, 0.25) is 0 Å². The Hall–Kier alpha value is -0.410. The molecule has 0 saturated heterocycles. The standard InChI is InChI=1S/2C19H18P.Cl4Te.2HI/c2*1-20(17-11-5-2-6-12-17,18-13-7-3-8-14-18)19-15-9-4-10-16-19;1-5(2,3)4;;/h2*2-16H,1H3;;2*1H/q2*+1;;;/p-2. The van der Waals surface area contributed by atoms with Crippen LogP contribution in [0.4, 0.5) is 0 Å². The molecule has 0 atom stereocenters. The minimum atomic E-state index is -3.13. The van der Waals surface area contributed by atoms with E-state index >= 15 is 0 Å². The zero-order chi connectivity index (χ0) is 32.2. The van der Waals surface area contributed by atoms with Gasteiger partial charge in [0.05, 0.1) is 13.3 Å². The molecule has 0 aliphatic carbocycles. The van der Waals surface area contributed by atoms with Crippen molar-refractivity contribution < 1.29 is 48.0 Å². The molecule has 0 saturated carbocycles. The van der Waals surface area contributed by atoms with E-state index in [1.54, 1.807) is 0 Å². The minimum Gasteiger partial charge on any atom is -1.00 e. The Labute approximate surface area is 335 Å². The fourth-order valence-corrected chi connectivity index (χ4v) is 11.7. The van der Waals surface area contributed by atoms with E-state index in [0.717, 1.165) is 0 Å². The summed E-state index contributed by atoms with van der Waals surface area (Å²) in [6.07, 6.45) is 0. The van der Waals surface area contributed by atoms with Crippen LogP contribution in [0, 0.1) is 0 Å². The molecule has 0 aromatic heterocycles. The van der Waals surface area contributed by atoms with Crippen LogP contribution in [-0.4, -0.2) is 27.0 Å². The van der Waals surface area contributed by atoms with E-state index in [4.69, 9.17) is 35.9 Å². The van der Waals surface area contributed by atoms with Crippen LogP contribution in [0.3, 0.4) is 0 Å². The minimum absolute atomic E-state index is 0. The Morgan fingerprint density at radius 1 is 0.298 bits per heavy atom. The smallest absolute Gasteiger partial charge is 1.00 e. The average molecular weight is 1080 g/mol. The van der Waals surface area contributed by atoms with Gasteiger partial charge in [-0.3, -0.25) is 0 Å². The largest absolute Gasteiger partial charge is 1.00 e. The van der Waals surface area contributed by atoms with Crippen LogP contribution in [0.25, 0.3) is 0 Å². The zero-order valence-electron chi connectivity index (χ0n) is 25.9. The maximum Gasteiger partial charge on any atom is -1.00 e. The van der Waals surface area contributed by atoms with Crippen LogP contribution in [0.2, 0.25) is 0 Å². The predicted molar refractivity (Wildman–Crippen MR) is 211 cm³/mol. The molecule has 0 nitrogen and oxygen atoms in total. The maximum absolute atomic E-state index is 5.02. The first-order valence-corrected chi connectivity index (χ1v) is 30.6. The topological polar surface area (TPSA) is 0 Å². The van der Waals surface area contributed by atoms with Gasteiger partial charge in [0, 0.05) is 0 Å². The van der Waals surface area contributed by atoms with E-state index in [2.05, 4.69) is 195 Å². The summed E-state index contributed by atoms with van der Waals surface area (Å²) in [6.45, 7) is 4.82. The van der Waals surface area contributed by atoms with Gasteiger partial charge in [-0.25, -0.2) is 0 Å². The molecule has 0 aliphatic heterocycles. The van der Waals surface area contributed by atoms with Gasteiger partial charge in [-0.15, -0.1) is 0 Å². The average Bonchev–Trinajstić information content (AvgIpc) is 3.09. The van der Waals surface area contributed by atoms with Crippen molar-refractivity contribution >= 4 is 95.9 Å². The fourth-order valence-electron chi connectivity index (χ4n) is 5.25. The summed E-state index contributed by atoms with van der Waals surface area (Å²) in [7, 11) is 17.0. The summed E-state index contributed by atoms with van der Waals surface area (Å²) < 4.78 is 0. The fraction of sp³-hybridized carbons (Fsp3) is 0.0526. The van der Waals surface area contributed by atoms with Crippen molar-refractivity contribution in [2.24, 2.45) is 0 Å². The van der Waals surface area contributed by atoms with Gasteiger partial charge >= 0.3 is 49.6 Å². The molecule has 0 bridgehead atoms. The number of hydrogen-bond donors (Lipinski definition) is 0. The van der Waals surface area contributed by atoms with Gasteiger partial charge in [0.15, 0.2) is 0 Å². The molecule has 0 unspecified atom stereocenters. The van der Waals surface area contributed by atoms with Gasteiger partial charge in [-0.2, -0.15) is 0 Å². The monoisotopic (exact) mass is 1080 g/mol. The number of rotatable bonds is 6. The molecule has 0 radical (unpaired) electrons. The third-order valence-electron chi connectivity index (χ3n) is 7.64. The molecule has 47 heavy (non-hydrogen) atoms. The Morgan fingerprint density at radius 2 is 0.404 bits per heavy atom. The normalized spacial score (nSPS) is 11.2. The van der Waals surface area contributed by atoms with Crippen LogP contribution in [0.1, 0.15) is 0 Å². The number of benzene rings is 6. The first-order valence-electron chi connectivity index (χ1n) is 14.3. The Bertz CT molecular complexity index is 1370. The van der Waals surface area contributed by atoms with E-state index in [0.29, 0.717) is 0 Å². The summed E-state index contributed by atoms with van der Waals surface area (Å²) in [5, 5.41) is 8.57. The van der Waals surface area contributed by atoms with Crippen LogP contribution < -0.4 is 79.8 Å². The molecule has 0 amide bonds. The third-order valence-corrected chi connectivity index (χ3v) is 15.6. The number of hydrogen-bond acceptors (Lipinski definition) is 0. The van der Waals surface area contributed by atoms with E-state index in [1.165, 1.54) is 31.8 Å². The van der Waals surface area contributed by atoms with Crippen LogP contribution in [0.5, 0.6) is 0 Å². The van der Waals surface area contributed by atoms with Crippen LogP contribution in [-0.2, 0) is 0 Å². The Kier molecular flexibility index (Phi) is 19.2. The summed E-state index contributed by atoms with van der Waals surface area (Å²) in [6, 6.07) is 65.3. The second-order valence-electron chi connectivity index (χ2n) is 10.4. The second kappa shape index (κ2) is 21.1. The van der Waals surface area contributed by atoms with E-state index in [1.807, 2.05) is 0 Å². The van der Waals surface area contributed by atoms with Gasteiger partial charge in [-0.05, 0) is 72.8 Å². The SMILES string of the molecule is C[P+](c1ccccc1)(c1ccccc1)c1ccccc1.C[P+](c1ccccc1)(c1ccccc1)c1ccccc1.Cl[Te](Cl)(Cl)Cl.[I-].[I-]. The first-order chi connectivity index (χ1) is 21.6. The molecule has 0 aliphatic rings. The summed E-state index contributed by atoms with van der Waals surface area (Å²) in [5.41, 5.74) is 0. The van der Waals surface area contributed by atoms with Crippen LogP contribution in [0.15, 0.2) is 182 Å². The Balaban J connectivity index is 0.000000276. The zero-order valence-corrected chi connectivity index (χ0v) is 37.3. The summed E-state index contributed by atoms with van der Waals surface area (Å²) in [5.74, 6) is 0. The van der Waals surface area contributed by atoms with Gasteiger partial charge in [0.1, 0.15) is 46.4 Å². The van der Waals surface area contributed by atoms with Crippen molar-refractivity contribution in [3.05, 3.63) is 182 Å². The molecular formula is C38H36Cl4I2P2Te. The molecule has 6 aromatic carbocycles. The molecule has 6 aromatic rings. The quantitative estimate of drug-likeness (QED) is 0.136. The van der Waals surface area contributed by atoms with Gasteiger partial charge in [0.25, 0.3) is 0 Å².